The van der Waals surface area contributed by atoms with Crippen molar-refractivity contribution in [3.63, 3.8) is 0 Å². The van der Waals surface area contributed by atoms with E-state index in [2.05, 4.69) is 4.98 Å². The number of hydrogen-bond donors (Lipinski definition) is 1. The highest BCUT2D eigenvalue weighted by Gasteiger charge is 2.18. The van der Waals surface area contributed by atoms with Crippen LogP contribution in [0, 0.1) is 0 Å². The number of carbonyl (C=O) groups is 1. The SMILES string of the molecule is NC(=O)c1cccnc1OC1CCCCC1. The molecule has 1 heterocycles. The highest BCUT2D eigenvalue weighted by atomic mass is 16.5. The lowest BCUT2D eigenvalue weighted by molar-refractivity contribution is 0.0985. The molecule has 0 bridgehead atoms. The Labute approximate surface area is 94.8 Å². The fourth-order valence-corrected chi connectivity index (χ4v) is 2.01. The van der Waals surface area contributed by atoms with Gasteiger partial charge in [-0.05, 0) is 37.8 Å². The van der Waals surface area contributed by atoms with Crippen molar-refractivity contribution in [2.24, 2.45) is 5.73 Å². The van der Waals surface area contributed by atoms with Crippen molar-refractivity contribution in [1.29, 1.82) is 0 Å². The first-order valence-corrected chi connectivity index (χ1v) is 5.69. The molecule has 4 heteroatoms. The molecule has 0 unspecified atom stereocenters. The van der Waals surface area contributed by atoms with Crippen molar-refractivity contribution in [2.45, 2.75) is 38.2 Å². The maximum absolute atomic E-state index is 11.2. The molecule has 16 heavy (non-hydrogen) atoms. The van der Waals surface area contributed by atoms with Crippen LogP contribution in [0.5, 0.6) is 5.88 Å². The number of primary amides is 1. The Bertz CT molecular complexity index is 373. The van der Waals surface area contributed by atoms with Gasteiger partial charge in [-0.25, -0.2) is 4.98 Å². The van der Waals surface area contributed by atoms with E-state index in [9.17, 15) is 4.79 Å². The summed E-state index contributed by atoms with van der Waals surface area (Å²) in [5.41, 5.74) is 5.63. The lowest BCUT2D eigenvalue weighted by Gasteiger charge is -2.22. The summed E-state index contributed by atoms with van der Waals surface area (Å²) in [5, 5.41) is 0. The Balaban J connectivity index is 2.10. The number of pyridine rings is 1. The molecule has 2 N–H and O–H groups in total. The molecule has 1 fully saturated rings. The fraction of sp³-hybridized carbons (Fsp3) is 0.500. The monoisotopic (exact) mass is 220 g/mol. The number of nitrogens with two attached hydrogens (primary N) is 1. The Morgan fingerprint density at radius 3 is 2.81 bits per heavy atom. The normalized spacial score (nSPS) is 17.0. The molecule has 2 rings (SSSR count). The molecule has 1 aliphatic carbocycles. The predicted octanol–water partition coefficient (Wildman–Crippen LogP) is 1.89. The van der Waals surface area contributed by atoms with Gasteiger partial charge in [-0.15, -0.1) is 0 Å². The lowest BCUT2D eigenvalue weighted by atomic mass is 9.98. The molecule has 4 nitrogen and oxygen atoms in total. The van der Waals surface area contributed by atoms with Gasteiger partial charge in [-0.2, -0.15) is 0 Å². The molecule has 86 valence electrons. The zero-order valence-electron chi connectivity index (χ0n) is 9.19. The minimum absolute atomic E-state index is 0.182. The second kappa shape index (κ2) is 4.96. The van der Waals surface area contributed by atoms with Crippen molar-refractivity contribution < 1.29 is 9.53 Å². The van der Waals surface area contributed by atoms with E-state index in [1.54, 1.807) is 18.3 Å². The van der Waals surface area contributed by atoms with E-state index < -0.39 is 5.91 Å². The number of hydrogen-bond acceptors (Lipinski definition) is 3. The van der Waals surface area contributed by atoms with Crippen LogP contribution in [0.3, 0.4) is 0 Å². The third-order valence-electron chi connectivity index (χ3n) is 2.87. The first kappa shape index (κ1) is 10.9. The van der Waals surface area contributed by atoms with Crippen LogP contribution in [-0.2, 0) is 0 Å². The number of aromatic nitrogens is 1. The van der Waals surface area contributed by atoms with Crippen molar-refractivity contribution in [2.75, 3.05) is 0 Å². The van der Waals surface area contributed by atoms with Crippen molar-refractivity contribution in [1.82, 2.24) is 4.98 Å². The summed E-state index contributed by atoms with van der Waals surface area (Å²) in [5.74, 6) is -0.110. The summed E-state index contributed by atoms with van der Waals surface area (Å²) in [6, 6.07) is 3.33. The lowest BCUT2D eigenvalue weighted by Crippen LogP contribution is -2.22. The first-order chi connectivity index (χ1) is 7.77. The van der Waals surface area contributed by atoms with Crippen LogP contribution >= 0.6 is 0 Å². The zero-order chi connectivity index (χ0) is 11.4. The third-order valence-corrected chi connectivity index (χ3v) is 2.87. The minimum atomic E-state index is -0.487. The first-order valence-electron chi connectivity index (χ1n) is 5.69. The standard InChI is InChI=1S/C12H16N2O2/c13-11(15)10-7-4-8-14-12(10)16-9-5-2-1-3-6-9/h4,7-9H,1-3,5-6H2,(H2,13,15). The van der Waals surface area contributed by atoms with Crippen LogP contribution < -0.4 is 10.5 Å². The summed E-state index contributed by atoms with van der Waals surface area (Å²) in [6.07, 6.45) is 7.51. The van der Waals surface area contributed by atoms with Gasteiger partial charge in [0.1, 0.15) is 11.7 Å². The Kier molecular flexibility index (Phi) is 3.39. The van der Waals surface area contributed by atoms with Crippen LogP contribution in [0.2, 0.25) is 0 Å². The third kappa shape index (κ3) is 2.51. The van der Waals surface area contributed by atoms with E-state index in [1.165, 1.54) is 19.3 Å². The van der Waals surface area contributed by atoms with Crippen molar-refractivity contribution >= 4 is 5.91 Å². The Hall–Kier alpha value is -1.58. The number of nitrogens with zero attached hydrogens (tertiary/aromatic N) is 1. The Morgan fingerprint density at radius 2 is 2.12 bits per heavy atom. The molecular formula is C12H16N2O2. The van der Waals surface area contributed by atoms with Gasteiger partial charge >= 0.3 is 0 Å². The van der Waals surface area contributed by atoms with Crippen molar-refractivity contribution in [3.05, 3.63) is 23.9 Å². The number of rotatable bonds is 3. The molecule has 0 aliphatic heterocycles. The van der Waals surface area contributed by atoms with E-state index in [-0.39, 0.29) is 6.10 Å². The molecule has 1 aliphatic rings. The van der Waals surface area contributed by atoms with E-state index in [4.69, 9.17) is 10.5 Å². The average molecular weight is 220 g/mol. The Morgan fingerprint density at radius 1 is 1.38 bits per heavy atom. The van der Waals surface area contributed by atoms with E-state index in [0.29, 0.717) is 11.4 Å². The summed E-state index contributed by atoms with van der Waals surface area (Å²) in [7, 11) is 0. The molecule has 1 saturated carbocycles. The fourth-order valence-electron chi connectivity index (χ4n) is 2.01. The van der Waals surface area contributed by atoms with Gasteiger partial charge < -0.3 is 10.5 Å². The van der Waals surface area contributed by atoms with Crippen LogP contribution in [0.25, 0.3) is 0 Å². The minimum Gasteiger partial charge on any atom is -0.474 e. The summed E-state index contributed by atoms with van der Waals surface area (Å²) in [6.45, 7) is 0. The van der Waals surface area contributed by atoms with Gasteiger partial charge in [0.25, 0.3) is 5.91 Å². The van der Waals surface area contributed by atoms with Gasteiger partial charge in [0.15, 0.2) is 0 Å². The van der Waals surface area contributed by atoms with Crippen LogP contribution in [0.15, 0.2) is 18.3 Å². The van der Waals surface area contributed by atoms with E-state index in [1.807, 2.05) is 0 Å². The van der Waals surface area contributed by atoms with Gasteiger partial charge in [0.05, 0.1) is 0 Å². The average Bonchev–Trinajstić information content (AvgIpc) is 2.31. The van der Waals surface area contributed by atoms with E-state index in [0.717, 1.165) is 12.8 Å². The summed E-state index contributed by atoms with van der Waals surface area (Å²) < 4.78 is 5.74. The smallest absolute Gasteiger partial charge is 0.254 e. The van der Waals surface area contributed by atoms with Crippen molar-refractivity contribution in [3.8, 4) is 5.88 Å². The molecular weight excluding hydrogens is 204 g/mol. The second-order valence-electron chi connectivity index (χ2n) is 4.10. The van der Waals surface area contributed by atoms with Gasteiger partial charge in [0.2, 0.25) is 5.88 Å². The van der Waals surface area contributed by atoms with Gasteiger partial charge in [0, 0.05) is 6.20 Å². The highest BCUT2D eigenvalue weighted by molar-refractivity contribution is 5.94. The second-order valence-corrected chi connectivity index (χ2v) is 4.10. The molecule has 0 saturated heterocycles. The molecule has 0 atom stereocenters. The summed E-state index contributed by atoms with van der Waals surface area (Å²) >= 11 is 0. The maximum Gasteiger partial charge on any atom is 0.254 e. The topological polar surface area (TPSA) is 65.2 Å². The van der Waals surface area contributed by atoms with Crippen LogP contribution in [-0.4, -0.2) is 17.0 Å². The number of carbonyl (C=O) groups excluding carboxylic acids is 1. The molecule has 1 aromatic heterocycles. The molecule has 0 aromatic carbocycles. The maximum atomic E-state index is 11.2. The van der Waals surface area contributed by atoms with E-state index >= 15 is 0 Å². The largest absolute Gasteiger partial charge is 0.474 e. The van der Waals surface area contributed by atoms with Crippen LogP contribution in [0.1, 0.15) is 42.5 Å². The summed E-state index contributed by atoms with van der Waals surface area (Å²) in [4.78, 5) is 15.2. The van der Waals surface area contributed by atoms with Gasteiger partial charge in [-0.3, -0.25) is 4.79 Å². The van der Waals surface area contributed by atoms with Gasteiger partial charge in [-0.1, -0.05) is 6.42 Å². The highest BCUT2D eigenvalue weighted by Crippen LogP contribution is 2.23. The number of amides is 1. The molecule has 1 amide bonds. The quantitative estimate of drug-likeness (QED) is 0.846. The zero-order valence-corrected chi connectivity index (χ0v) is 9.19. The number of ether oxygens (including phenoxy) is 1. The predicted molar refractivity (Wildman–Crippen MR) is 60.3 cm³/mol. The molecule has 1 aromatic rings. The molecule has 0 spiro atoms. The van der Waals surface area contributed by atoms with Crippen LogP contribution in [0.4, 0.5) is 0 Å². The molecule has 0 radical (unpaired) electrons.